The third kappa shape index (κ3) is 4.07. The number of hydrogen-bond acceptors (Lipinski definition) is 7. The Bertz CT molecular complexity index is 553. The fourth-order valence-corrected chi connectivity index (χ4v) is 3.08. The van der Waals surface area contributed by atoms with Gasteiger partial charge in [-0.25, -0.2) is 4.98 Å². The van der Waals surface area contributed by atoms with Crippen molar-refractivity contribution < 1.29 is 38.3 Å². The van der Waals surface area contributed by atoms with Crippen LogP contribution in [0, 0.1) is 0 Å². The van der Waals surface area contributed by atoms with E-state index in [4.69, 9.17) is 4.74 Å². The second-order valence-electron chi connectivity index (χ2n) is 5.80. The van der Waals surface area contributed by atoms with Crippen molar-refractivity contribution in [2.45, 2.75) is 51.8 Å². The number of carbonyl (C=O) groups excluding carboxylic acids is 2. The zero-order chi connectivity index (χ0) is 15.1. The van der Waals surface area contributed by atoms with Gasteiger partial charge in [0, 0.05) is 17.3 Å². The predicted octanol–water partition coefficient (Wildman–Crippen LogP) is -2.57. The molecule has 0 spiro atoms. The fraction of sp³-hybridized carbons (Fsp3) is 0.615. The molecule has 8 heteroatoms. The van der Waals surface area contributed by atoms with E-state index in [0.29, 0.717) is 12.2 Å². The van der Waals surface area contributed by atoms with Gasteiger partial charge in [-0.2, -0.15) is 0 Å². The summed E-state index contributed by atoms with van der Waals surface area (Å²) in [6.07, 6.45) is 0. The van der Waals surface area contributed by atoms with E-state index in [1.54, 1.807) is 20.8 Å². The Morgan fingerprint density at radius 3 is 2.57 bits per heavy atom. The molecule has 0 saturated heterocycles. The van der Waals surface area contributed by atoms with Gasteiger partial charge in [-0.05, 0) is 20.8 Å². The molecular formula is C13H17LiN2O4S. The zero-order valence-corrected chi connectivity index (χ0v) is 13.7. The molecule has 0 amide bonds. The number of rotatable bonds is 2. The molecule has 110 valence electrons. The summed E-state index contributed by atoms with van der Waals surface area (Å²) in [7, 11) is 0. The molecule has 2 unspecified atom stereocenters. The Labute approximate surface area is 139 Å². The van der Waals surface area contributed by atoms with Crippen molar-refractivity contribution in [3.63, 3.8) is 0 Å². The smallest absolute Gasteiger partial charge is 0.542 e. The van der Waals surface area contributed by atoms with Crippen molar-refractivity contribution in [1.29, 1.82) is 0 Å². The summed E-state index contributed by atoms with van der Waals surface area (Å²) in [5.41, 5.74) is 0.0839. The topological polar surface area (TPSA) is 91.4 Å². The van der Waals surface area contributed by atoms with Crippen molar-refractivity contribution in [2.24, 2.45) is 0 Å². The van der Waals surface area contributed by atoms with Crippen molar-refractivity contribution in [3.8, 4) is 0 Å². The van der Waals surface area contributed by atoms with Crippen molar-refractivity contribution in [2.75, 3.05) is 0 Å². The minimum absolute atomic E-state index is 0. The molecular weight excluding hydrogens is 287 g/mol. The maximum atomic E-state index is 12.1. The number of carboxylic acids is 1. The molecule has 0 fully saturated rings. The van der Waals surface area contributed by atoms with E-state index in [2.05, 4.69) is 10.3 Å². The number of thiazole rings is 1. The van der Waals surface area contributed by atoms with Crippen LogP contribution in [0.25, 0.3) is 0 Å². The number of ether oxygens (including phenoxy) is 1. The molecule has 1 N–H and O–H groups in total. The van der Waals surface area contributed by atoms with Crippen LogP contribution in [0.3, 0.4) is 0 Å². The molecule has 6 nitrogen and oxygen atoms in total. The molecule has 0 bridgehead atoms. The molecule has 2 atom stereocenters. The van der Waals surface area contributed by atoms with E-state index in [-0.39, 0.29) is 35.8 Å². The van der Waals surface area contributed by atoms with Crippen LogP contribution in [-0.4, -0.2) is 28.6 Å². The molecule has 2 rings (SSSR count). The third-order valence-electron chi connectivity index (χ3n) is 2.98. The zero-order valence-electron chi connectivity index (χ0n) is 12.9. The second kappa shape index (κ2) is 6.49. The number of aromatic carboxylic acids is 1. The third-order valence-corrected chi connectivity index (χ3v) is 4.03. The van der Waals surface area contributed by atoms with Crippen LogP contribution in [0.4, 0.5) is 0 Å². The number of nitrogens with one attached hydrogen (secondary N) is 1. The van der Waals surface area contributed by atoms with Gasteiger partial charge in [0.15, 0.2) is 0 Å². The molecule has 0 radical (unpaired) electrons. The standard InChI is InChI=1S/C13H18N2O4S.Li/c1-6-8-7(20-10(15-8)11(16)17)5-14-9(6)12(18)19-13(2,3)4;/h6,9,14H,5H2,1-4H3,(H,16,17);/q;+1/p-1. The van der Waals surface area contributed by atoms with E-state index < -0.39 is 17.6 Å². The van der Waals surface area contributed by atoms with E-state index in [0.717, 1.165) is 16.2 Å². The Morgan fingerprint density at radius 2 is 2.05 bits per heavy atom. The molecule has 1 aliphatic heterocycles. The first-order valence-corrected chi connectivity index (χ1v) is 7.18. The van der Waals surface area contributed by atoms with Gasteiger partial charge in [-0.15, -0.1) is 11.3 Å². The van der Waals surface area contributed by atoms with E-state index in [1.165, 1.54) is 0 Å². The van der Waals surface area contributed by atoms with Crippen LogP contribution >= 0.6 is 11.3 Å². The summed E-state index contributed by atoms with van der Waals surface area (Å²) < 4.78 is 5.36. The van der Waals surface area contributed by atoms with Gasteiger partial charge >= 0.3 is 24.8 Å². The largest absolute Gasteiger partial charge is 1.00 e. The van der Waals surface area contributed by atoms with Crippen LogP contribution in [-0.2, 0) is 16.1 Å². The average Bonchev–Trinajstić information content (AvgIpc) is 2.71. The van der Waals surface area contributed by atoms with Crippen molar-refractivity contribution in [1.82, 2.24) is 10.3 Å². The monoisotopic (exact) mass is 304 g/mol. The second-order valence-corrected chi connectivity index (χ2v) is 6.88. The summed E-state index contributed by atoms with van der Waals surface area (Å²) in [5.74, 6) is -1.87. The van der Waals surface area contributed by atoms with Crippen LogP contribution < -0.4 is 29.3 Å². The number of carboxylic acid groups (broad SMARTS) is 1. The normalized spacial score (nSPS) is 21.1. The van der Waals surface area contributed by atoms with Gasteiger partial charge in [-0.3, -0.25) is 10.1 Å². The molecule has 1 aliphatic rings. The number of aromatic nitrogens is 1. The van der Waals surface area contributed by atoms with Crippen molar-refractivity contribution in [3.05, 3.63) is 15.6 Å². The Balaban J connectivity index is 0.00000220. The van der Waals surface area contributed by atoms with Gasteiger partial charge in [0.2, 0.25) is 0 Å². The Kier molecular flexibility index (Phi) is 5.61. The first-order chi connectivity index (χ1) is 9.19. The molecule has 1 aromatic rings. The van der Waals surface area contributed by atoms with Crippen molar-refractivity contribution >= 4 is 23.3 Å². The van der Waals surface area contributed by atoms with E-state index in [9.17, 15) is 14.7 Å². The van der Waals surface area contributed by atoms with Gasteiger partial charge in [-0.1, -0.05) is 6.92 Å². The summed E-state index contributed by atoms with van der Waals surface area (Å²) in [6.45, 7) is 7.66. The van der Waals surface area contributed by atoms with E-state index >= 15 is 0 Å². The van der Waals surface area contributed by atoms with Gasteiger partial charge in [0.05, 0.1) is 5.69 Å². The number of nitrogens with zero attached hydrogens (tertiary/aromatic N) is 1. The number of esters is 1. The molecule has 0 aliphatic carbocycles. The number of hydrogen-bond donors (Lipinski definition) is 1. The van der Waals surface area contributed by atoms with Crippen LogP contribution in [0.1, 0.15) is 54.0 Å². The Hall–Kier alpha value is -0.873. The van der Waals surface area contributed by atoms with Crippen LogP contribution in [0.15, 0.2) is 0 Å². The molecule has 0 saturated carbocycles. The summed E-state index contributed by atoms with van der Waals surface area (Å²) in [4.78, 5) is 27.9. The molecule has 21 heavy (non-hydrogen) atoms. The van der Waals surface area contributed by atoms with Crippen LogP contribution in [0.2, 0.25) is 0 Å². The maximum absolute atomic E-state index is 12.1. The predicted molar refractivity (Wildman–Crippen MR) is 71.3 cm³/mol. The minimum atomic E-state index is -1.29. The Morgan fingerprint density at radius 1 is 1.43 bits per heavy atom. The maximum Gasteiger partial charge on any atom is 1.00 e. The quantitative estimate of drug-likeness (QED) is 0.477. The SMILES string of the molecule is CC1c2nc(C(=O)[O-])sc2CNC1C(=O)OC(C)(C)C.[Li+]. The van der Waals surface area contributed by atoms with Gasteiger partial charge < -0.3 is 14.6 Å². The molecule has 2 heterocycles. The fourth-order valence-electron chi connectivity index (χ4n) is 2.12. The van der Waals surface area contributed by atoms with Gasteiger partial charge in [0.1, 0.15) is 22.6 Å². The first-order valence-electron chi connectivity index (χ1n) is 6.36. The molecule has 0 aromatic carbocycles. The van der Waals surface area contributed by atoms with E-state index in [1.807, 2.05) is 6.92 Å². The average molecular weight is 304 g/mol. The number of carbonyl (C=O) groups is 2. The van der Waals surface area contributed by atoms with Gasteiger partial charge in [0.25, 0.3) is 0 Å². The minimum Gasteiger partial charge on any atom is -0.542 e. The summed E-state index contributed by atoms with van der Waals surface area (Å²) >= 11 is 1.09. The summed E-state index contributed by atoms with van der Waals surface area (Å²) in [5, 5.41) is 13.9. The number of fused-ring (bicyclic) bond motifs is 1. The van der Waals surface area contributed by atoms with Crippen LogP contribution in [0.5, 0.6) is 0 Å². The molecule has 1 aromatic heterocycles. The first kappa shape index (κ1) is 18.2. The summed E-state index contributed by atoms with van der Waals surface area (Å²) in [6, 6.07) is -0.515.